The minimum Gasteiger partial charge on any atom is -0.321 e. The zero-order chi connectivity index (χ0) is 20.5. The molecule has 0 aliphatic rings. The summed E-state index contributed by atoms with van der Waals surface area (Å²) < 4.78 is 0. The first-order valence-corrected chi connectivity index (χ1v) is 10.0. The minimum atomic E-state index is -0.334. The van der Waals surface area contributed by atoms with Crippen LogP contribution >= 0.6 is 46.4 Å². The van der Waals surface area contributed by atoms with Crippen molar-refractivity contribution in [2.24, 2.45) is 0 Å². The molecule has 4 rings (SSSR count). The summed E-state index contributed by atoms with van der Waals surface area (Å²) in [6, 6.07) is 19.1. The lowest BCUT2D eigenvalue weighted by atomic mass is 10.0. The minimum absolute atomic E-state index is 0.334. The summed E-state index contributed by atoms with van der Waals surface area (Å²) in [5, 5.41) is 5.36. The fourth-order valence-corrected chi connectivity index (χ4v) is 3.82. The van der Waals surface area contributed by atoms with Crippen LogP contribution in [0.4, 0.5) is 5.69 Å². The standard InChI is InChI=1S/C22H12Cl4N2O/c23-12-5-7-15(18(26)9-12)20-11-16(14-3-1-2-4-19(14)27-20)22(29)28-21-10-13(24)6-8-17(21)25/h1-11H,(H,28,29). The molecule has 1 heterocycles. The molecule has 0 fully saturated rings. The first-order valence-electron chi connectivity index (χ1n) is 8.54. The molecule has 0 saturated carbocycles. The second kappa shape index (κ2) is 8.21. The van der Waals surface area contributed by atoms with Crippen LogP contribution in [0, 0.1) is 0 Å². The van der Waals surface area contributed by atoms with Crippen LogP contribution in [0.3, 0.4) is 0 Å². The Balaban J connectivity index is 1.84. The third kappa shape index (κ3) is 4.19. The Morgan fingerprint density at radius 3 is 2.31 bits per heavy atom. The van der Waals surface area contributed by atoms with E-state index in [4.69, 9.17) is 46.4 Å². The monoisotopic (exact) mass is 460 g/mol. The molecule has 0 aliphatic heterocycles. The highest BCUT2D eigenvalue weighted by Gasteiger charge is 2.16. The summed E-state index contributed by atoms with van der Waals surface area (Å²) in [7, 11) is 0. The zero-order valence-electron chi connectivity index (χ0n) is 14.7. The van der Waals surface area contributed by atoms with Crippen LogP contribution in [-0.4, -0.2) is 10.9 Å². The van der Waals surface area contributed by atoms with Gasteiger partial charge in [0.1, 0.15) is 0 Å². The number of nitrogens with one attached hydrogen (secondary N) is 1. The highest BCUT2D eigenvalue weighted by Crippen LogP contribution is 2.32. The van der Waals surface area contributed by atoms with Gasteiger partial charge in [-0.05, 0) is 48.5 Å². The van der Waals surface area contributed by atoms with E-state index in [0.29, 0.717) is 53.5 Å². The molecule has 0 atom stereocenters. The molecule has 1 N–H and O–H groups in total. The normalized spacial score (nSPS) is 10.9. The second-order valence-electron chi connectivity index (χ2n) is 6.27. The molecular formula is C22H12Cl4N2O. The van der Waals surface area contributed by atoms with E-state index in [9.17, 15) is 4.79 Å². The van der Waals surface area contributed by atoms with Crippen molar-refractivity contribution in [1.29, 1.82) is 0 Å². The van der Waals surface area contributed by atoms with E-state index >= 15 is 0 Å². The van der Waals surface area contributed by atoms with Crippen molar-refractivity contribution >= 4 is 68.9 Å². The first-order chi connectivity index (χ1) is 13.9. The maximum absolute atomic E-state index is 13.1. The van der Waals surface area contributed by atoms with Gasteiger partial charge < -0.3 is 5.32 Å². The van der Waals surface area contributed by atoms with Crippen LogP contribution in [0.25, 0.3) is 22.2 Å². The Bertz CT molecular complexity index is 1260. The fourth-order valence-electron chi connectivity index (χ4n) is 2.98. The highest BCUT2D eigenvalue weighted by molar-refractivity contribution is 6.37. The summed E-state index contributed by atoms with van der Waals surface area (Å²) in [4.78, 5) is 17.8. The van der Waals surface area contributed by atoms with E-state index in [1.807, 2.05) is 24.3 Å². The van der Waals surface area contributed by atoms with E-state index in [0.717, 1.165) is 0 Å². The molecule has 3 nitrogen and oxygen atoms in total. The van der Waals surface area contributed by atoms with Gasteiger partial charge in [-0.1, -0.05) is 64.6 Å². The van der Waals surface area contributed by atoms with Gasteiger partial charge in [0.05, 0.1) is 32.5 Å². The van der Waals surface area contributed by atoms with Crippen molar-refractivity contribution in [2.45, 2.75) is 0 Å². The Labute approximate surface area is 187 Å². The smallest absolute Gasteiger partial charge is 0.256 e. The van der Waals surface area contributed by atoms with Gasteiger partial charge in [-0.2, -0.15) is 0 Å². The topological polar surface area (TPSA) is 42.0 Å². The van der Waals surface area contributed by atoms with Gasteiger partial charge in [0.15, 0.2) is 0 Å². The Morgan fingerprint density at radius 1 is 0.793 bits per heavy atom. The molecule has 144 valence electrons. The van der Waals surface area contributed by atoms with Crippen LogP contribution in [0.15, 0.2) is 66.7 Å². The summed E-state index contributed by atoms with van der Waals surface area (Å²) in [6.07, 6.45) is 0. The predicted octanol–water partition coefficient (Wildman–Crippen LogP) is 7.77. The summed E-state index contributed by atoms with van der Waals surface area (Å²) >= 11 is 24.6. The molecule has 29 heavy (non-hydrogen) atoms. The maximum Gasteiger partial charge on any atom is 0.256 e. The Morgan fingerprint density at radius 2 is 1.52 bits per heavy atom. The number of amides is 1. The summed E-state index contributed by atoms with van der Waals surface area (Å²) in [5.41, 5.74) is 2.77. The largest absolute Gasteiger partial charge is 0.321 e. The van der Waals surface area contributed by atoms with Crippen molar-refractivity contribution in [3.05, 3.63) is 92.4 Å². The van der Waals surface area contributed by atoms with E-state index in [1.165, 1.54) is 0 Å². The summed E-state index contributed by atoms with van der Waals surface area (Å²) in [5.74, 6) is -0.334. The molecule has 0 aliphatic carbocycles. The number of benzene rings is 3. The number of fused-ring (bicyclic) bond motifs is 1. The second-order valence-corrected chi connectivity index (χ2v) is 7.96. The predicted molar refractivity (Wildman–Crippen MR) is 122 cm³/mol. The van der Waals surface area contributed by atoms with Crippen molar-refractivity contribution in [2.75, 3.05) is 5.32 Å². The van der Waals surface area contributed by atoms with Crippen LogP contribution in [0.5, 0.6) is 0 Å². The molecule has 0 bridgehead atoms. The molecular weight excluding hydrogens is 450 g/mol. The van der Waals surface area contributed by atoms with Crippen molar-refractivity contribution in [3.63, 3.8) is 0 Å². The van der Waals surface area contributed by atoms with E-state index in [2.05, 4.69) is 10.3 Å². The Kier molecular flexibility index (Phi) is 5.66. The number of carbonyl (C=O) groups excluding carboxylic acids is 1. The number of halogens is 4. The van der Waals surface area contributed by atoms with Gasteiger partial charge in [0.25, 0.3) is 5.91 Å². The molecule has 0 unspecified atom stereocenters. The molecule has 7 heteroatoms. The lowest BCUT2D eigenvalue weighted by Gasteiger charge is -2.12. The van der Waals surface area contributed by atoms with Gasteiger partial charge in [-0.3, -0.25) is 4.79 Å². The van der Waals surface area contributed by atoms with E-state index < -0.39 is 0 Å². The number of carbonyl (C=O) groups is 1. The molecule has 1 amide bonds. The third-order valence-corrected chi connectivity index (χ3v) is 5.46. The van der Waals surface area contributed by atoms with E-state index in [-0.39, 0.29) is 5.91 Å². The average molecular weight is 462 g/mol. The highest BCUT2D eigenvalue weighted by atomic mass is 35.5. The van der Waals surface area contributed by atoms with Crippen molar-refractivity contribution < 1.29 is 4.79 Å². The van der Waals surface area contributed by atoms with Crippen LogP contribution in [-0.2, 0) is 0 Å². The van der Waals surface area contributed by atoms with Gasteiger partial charge in [0.2, 0.25) is 0 Å². The molecule has 4 aromatic rings. The third-order valence-electron chi connectivity index (χ3n) is 4.34. The number of pyridine rings is 1. The lowest BCUT2D eigenvalue weighted by molar-refractivity contribution is 0.102. The van der Waals surface area contributed by atoms with Gasteiger partial charge in [-0.25, -0.2) is 4.98 Å². The quantitative estimate of drug-likeness (QED) is 0.338. The SMILES string of the molecule is O=C(Nc1cc(Cl)ccc1Cl)c1cc(-c2ccc(Cl)cc2Cl)nc2ccccc12. The number of aromatic nitrogens is 1. The number of hydrogen-bond donors (Lipinski definition) is 1. The molecule has 3 aromatic carbocycles. The van der Waals surface area contributed by atoms with Crippen LogP contribution < -0.4 is 5.32 Å². The number of hydrogen-bond acceptors (Lipinski definition) is 2. The van der Waals surface area contributed by atoms with Gasteiger partial charge >= 0.3 is 0 Å². The molecule has 1 aromatic heterocycles. The number of para-hydroxylation sites is 1. The number of anilines is 1. The number of rotatable bonds is 3. The summed E-state index contributed by atoms with van der Waals surface area (Å²) in [6.45, 7) is 0. The maximum atomic E-state index is 13.1. The molecule has 0 spiro atoms. The fraction of sp³-hybridized carbons (Fsp3) is 0. The lowest BCUT2D eigenvalue weighted by Crippen LogP contribution is -2.13. The van der Waals surface area contributed by atoms with Crippen molar-refractivity contribution in [1.82, 2.24) is 4.98 Å². The van der Waals surface area contributed by atoms with Gasteiger partial charge in [-0.15, -0.1) is 0 Å². The van der Waals surface area contributed by atoms with Crippen molar-refractivity contribution in [3.8, 4) is 11.3 Å². The van der Waals surface area contributed by atoms with E-state index in [1.54, 1.807) is 42.5 Å². The molecule has 0 radical (unpaired) electrons. The van der Waals surface area contributed by atoms with Gasteiger partial charge in [0, 0.05) is 21.0 Å². The first kappa shape index (κ1) is 20.0. The Hall–Kier alpha value is -2.30. The number of nitrogens with zero attached hydrogens (tertiary/aromatic N) is 1. The van der Waals surface area contributed by atoms with Crippen LogP contribution in [0.1, 0.15) is 10.4 Å². The zero-order valence-corrected chi connectivity index (χ0v) is 17.7. The average Bonchev–Trinajstić information content (AvgIpc) is 2.70. The molecule has 0 saturated heterocycles. The van der Waals surface area contributed by atoms with Crippen LogP contribution in [0.2, 0.25) is 20.1 Å².